The molecule has 0 saturated carbocycles. The number of benzene rings is 1. The molecule has 1 N–H and O–H groups in total. The van der Waals surface area contributed by atoms with Crippen molar-refractivity contribution in [2.24, 2.45) is 5.92 Å². The number of nitro groups is 1. The average molecular weight is 333 g/mol. The number of hydrogen-bond donors (Lipinski definition) is 1. The molecule has 4 nitrogen and oxygen atoms in total. The third-order valence-corrected chi connectivity index (χ3v) is 3.98. The summed E-state index contributed by atoms with van der Waals surface area (Å²) in [5, 5.41) is 14.1. The molecule has 6 heteroatoms. The topological polar surface area (TPSA) is 55.2 Å². The molecular weight excluding hydrogens is 315 g/mol. The second kappa shape index (κ2) is 6.84. The highest BCUT2D eigenvalue weighted by Gasteiger charge is 2.21. The van der Waals surface area contributed by atoms with Crippen molar-refractivity contribution in [3.8, 4) is 0 Å². The number of halogens is 2. The lowest BCUT2D eigenvalue weighted by Crippen LogP contribution is -2.25. The van der Waals surface area contributed by atoms with E-state index in [-0.39, 0.29) is 16.2 Å². The second-order valence-electron chi connectivity index (χ2n) is 4.55. The zero-order valence-corrected chi connectivity index (χ0v) is 12.8. The van der Waals surface area contributed by atoms with Gasteiger partial charge in [-0.3, -0.25) is 10.1 Å². The molecule has 19 heavy (non-hydrogen) atoms. The Kier molecular flexibility index (Phi) is 5.72. The van der Waals surface area contributed by atoms with E-state index in [0.29, 0.717) is 11.6 Å². The highest BCUT2D eigenvalue weighted by Crippen LogP contribution is 2.32. The predicted molar refractivity (Wildman–Crippen MR) is 77.9 cm³/mol. The van der Waals surface area contributed by atoms with Crippen LogP contribution in [0.5, 0.6) is 0 Å². The van der Waals surface area contributed by atoms with Crippen LogP contribution in [0.4, 0.5) is 15.8 Å². The minimum Gasteiger partial charge on any atom is -0.377 e. The first kappa shape index (κ1) is 15.9. The number of hydrogen-bond acceptors (Lipinski definition) is 3. The molecule has 0 amide bonds. The van der Waals surface area contributed by atoms with Crippen molar-refractivity contribution < 1.29 is 9.31 Å². The van der Waals surface area contributed by atoms with Gasteiger partial charge in [0.25, 0.3) is 5.69 Å². The van der Waals surface area contributed by atoms with Gasteiger partial charge < -0.3 is 5.32 Å². The average Bonchev–Trinajstić information content (AvgIpc) is 2.34. The van der Waals surface area contributed by atoms with E-state index < -0.39 is 10.7 Å². The van der Waals surface area contributed by atoms with Crippen LogP contribution in [-0.4, -0.2) is 11.0 Å². The number of anilines is 1. The summed E-state index contributed by atoms with van der Waals surface area (Å²) in [5.41, 5.74) is 0.108. The van der Waals surface area contributed by atoms with Gasteiger partial charge in [0.2, 0.25) is 0 Å². The second-order valence-corrected chi connectivity index (χ2v) is 5.40. The minimum atomic E-state index is -0.632. The standard InChI is InChI=1S/C13H18BrFN2O2/c1-4-9(5-2)8(3)16-12-6-10(14)11(15)7-13(12)17(18)19/h6-9,16H,4-5H2,1-3H3. The Hall–Kier alpha value is -1.17. The van der Waals surface area contributed by atoms with Gasteiger partial charge in [0.1, 0.15) is 11.5 Å². The molecule has 0 aliphatic heterocycles. The van der Waals surface area contributed by atoms with Gasteiger partial charge in [-0.2, -0.15) is 0 Å². The molecule has 106 valence electrons. The molecule has 0 aromatic heterocycles. The quantitative estimate of drug-likeness (QED) is 0.605. The van der Waals surface area contributed by atoms with Crippen LogP contribution in [0.25, 0.3) is 0 Å². The predicted octanol–water partition coefficient (Wildman–Crippen LogP) is 4.73. The van der Waals surface area contributed by atoms with Crippen LogP contribution >= 0.6 is 15.9 Å². The summed E-state index contributed by atoms with van der Waals surface area (Å²) in [6.45, 7) is 6.15. The van der Waals surface area contributed by atoms with Gasteiger partial charge >= 0.3 is 0 Å². The minimum absolute atomic E-state index is 0.0889. The van der Waals surface area contributed by atoms with Crippen LogP contribution in [0.2, 0.25) is 0 Å². The lowest BCUT2D eigenvalue weighted by atomic mass is 9.95. The van der Waals surface area contributed by atoms with Crippen molar-refractivity contribution in [2.45, 2.75) is 39.7 Å². The van der Waals surface area contributed by atoms with Gasteiger partial charge in [-0.1, -0.05) is 26.7 Å². The zero-order valence-electron chi connectivity index (χ0n) is 11.2. The van der Waals surface area contributed by atoms with Gasteiger partial charge in [-0.05, 0) is 34.8 Å². The number of nitrogens with one attached hydrogen (secondary N) is 1. The maximum absolute atomic E-state index is 13.4. The van der Waals surface area contributed by atoms with Crippen molar-refractivity contribution >= 4 is 27.3 Å². The maximum Gasteiger partial charge on any atom is 0.295 e. The molecule has 1 unspecified atom stereocenters. The van der Waals surface area contributed by atoms with Gasteiger partial charge in [0.05, 0.1) is 15.5 Å². The first-order chi connectivity index (χ1) is 8.90. The third kappa shape index (κ3) is 3.89. The van der Waals surface area contributed by atoms with Gasteiger partial charge in [-0.15, -0.1) is 0 Å². The van der Waals surface area contributed by atoms with E-state index in [2.05, 4.69) is 35.1 Å². The van der Waals surface area contributed by atoms with Crippen LogP contribution in [-0.2, 0) is 0 Å². The first-order valence-electron chi connectivity index (χ1n) is 6.30. The summed E-state index contributed by atoms with van der Waals surface area (Å²) in [5.74, 6) is -0.212. The van der Waals surface area contributed by atoms with E-state index in [1.165, 1.54) is 6.07 Å². The molecule has 0 saturated heterocycles. The molecule has 0 bridgehead atoms. The number of nitro benzene ring substituents is 1. The first-order valence-corrected chi connectivity index (χ1v) is 7.09. The fraction of sp³-hybridized carbons (Fsp3) is 0.538. The Bertz CT molecular complexity index is 464. The van der Waals surface area contributed by atoms with Gasteiger partial charge in [-0.25, -0.2) is 4.39 Å². The molecule has 1 atom stereocenters. The maximum atomic E-state index is 13.4. The van der Waals surface area contributed by atoms with Crippen molar-refractivity contribution in [3.63, 3.8) is 0 Å². The Morgan fingerprint density at radius 2 is 2.00 bits per heavy atom. The molecule has 1 rings (SSSR count). The van der Waals surface area contributed by atoms with Crippen LogP contribution < -0.4 is 5.32 Å². The summed E-state index contributed by atoms with van der Waals surface area (Å²) < 4.78 is 13.6. The van der Waals surface area contributed by atoms with Crippen LogP contribution in [0, 0.1) is 21.8 Å². The van der Waals surface area contributed by atoms with E-state index in [0.717, 1.165) is 18.9 Å². The summed E-state index contributed by atoms with van der Waals surface area (Å²) >= 11 is 3.05. The van der Waals surface area contributed by atoms with Gasteiger partial charge in [0.15, 0.2) is 0 Å². The van der Waals surface area contributed by atoms with Crippen LogP contribution in [0.3, 0.4) is 0 Å². The van der Waals surface area contributed by atoms with E-state index in [1.54, 1.807) is 0 Å². The summed E-state index contributed by atoms with van der Waals surface area (Å²) in [6, 6.07) is 2.45. The Morgan fingerprint density at radius 3 is 2.47 bits per heavy atom. The van der Waals surface area contributed by atoms with Crippen molar-refractivity contribution in [2.75, 3.05) is 5.32 Å². The number of nitrogens with zero attached hydrogens (tertiary/aromatic N) is 1. The fourth-order valence-corrected chi connectivity index (χ4v) is 2.51. The lowest BCUT2D eigenvalue weighted by Gasteiger charge is -2.23. The third-order valence-electron chi connectivity index (χ3n) is 3.37. The smallest absolute Gasteiger partial charge is 0.295 e. The molecule has 0 aliphatic rings. The lowest BCUT2D eigenvalue weighted by molar-refractivity contribution is -0.384. The highest BCUT2D eigenvalue weighted by molar-refractivity contribution is 9.10. The molecule has 0 fully saturated rings. The fourth-order valence-electron chi connectivity index (χ4n) is 2.16. The van der Waals surface area contributed by atoms with E-state index >= 15 is 0 Å². The van der Waals surface area contributed by atoms with E-state index in [4.69, 9.17) is 0 Å². The van der Waals surface area contributed by atoms with E-state index in [1.807, 2.05) is 6.92 Å². The summed E-state index contributed by atoms with van der Waals surface area (Å²) in [7, 11) is 0. The molecule has 1 aromatic carbocycles. The molecule has 0 radical (unpaired) electrons. The van der Waals surface area contributed by atoms with Crippen molar-refractivity contribution in [1.29, 1.82) is 0 Å². The Balaban J connectivity index is 3.06. The zero-order chi connectivity index (χ0) is 14.6. The van der Waals surface area contributed by atoms with Crippen molar-refractivity contribution in [1.82, 2.24) is 0 Å². The van der Waals surface area contributed by atoms with Gasteiger partial charge in [0, 0.05) is 6.04 Å². The van der Waals surface area contributed by atoms with Crippen LogP contribution in [0.1, 0.15) is 33.6 Å². The monoisotopic (exact) mass is 332 g/mol. The SMILES string of the molecule is CCC(CC)C(C)Nc1cc(Br)c(F)cc1[N+](=O)[O-]. The molecular formula is C13H18BrFN2O2. The normalized spacial score (nSPS) is 12.5. The largest absolute Gasteiger partial charge is 0.377 e. The van der Waals surface area contributed by atoms with Crippen LogP contribution in [0.15, 0.2) is 16.6 Å². The highest BCUT2D eigenvalue weighted by atomic mass is 79.9. The molecule has 0 aliphatic carbocycles. The molecule has 0 heterocycles. The Labute approximate surface area is 120 Å². The van der Waals surface area contributed by atoms with E-state index in [9.17, 15) is 14.5 Å². The number of rotatable bonds is 6. The molecule has 1 aromatic rings. The Morgan fingerprint density at radius 1 is 1.42 bits per heavy atom. The van der Waals surface area contributed by atoms with Crippen molar-refractivity contribution in [3.05, 3.63) is 32.5 Å². The molecule has 0 spiro atoms. The summed E-state index contributed by atoms with van der Waals surface area (Å²) in [4.78, 5) is 10.4. The summed E-state index contributed by atoms with van der Waals surface area (Å²) in [6.07, 6.45) is 1.97.